The molecule has 3 nitrogen and oxygen atoms in total. The van der Waals surface area contributed by atoms with Crippen molar-refractivity contribution in [2.45, 2.75) is 0 Å². The van der Waals surface area contributed by atoms with E-state index in [9.17, 15) is 0 Å². The minimum Gasteiger partial charge on any atom is -0.457 e. The van der Waals surface area contributed by atoms with Gasteiger partial charge in [-0.2, -0.15) is 0 Å². The van der Waals surface area contributed by atoms with Crippen LogP contribution in [0.5, 0.6) is 11.5 Å². The van der Waals surface area contributed by atoms with Gasteiger partial charge in [0.05, 0.1) is 16.6 Å². The van der Waals surface area contributed by atoms with E-state index in [1.165, 1.54) is 0 Å². The van der Waals surface area contributed by atoms with E-state index in [1.807, 2.05) is 36.4 Å². The van der Waals surface area contributed by atoms with Crippen LogP contribution in [0.2, 0.25) is 0 Å². The third-order valence-corrected chi connectivity index (χ3v) is 3.22. The molecule has 0 fully saturated rings. The lowest BCUT2D eigenvalue weighted by Crippen LogP contribution is -2.10. The van der Waals surface area contributed by atoms with E-state index < -0.39 is 0 Å². The zero-order valence-electron chi connectivity index (χ0n) is 9.64. The SMILES string of the molecule is c1ccc(-c2[nH]c3cccc4c3c2OCO4)cc1. The number of ether oxygens (including phenoxy) is 2. The van der Waals surface area contributed by atoms with Gasteiger partial charge < -0.3 is 14.5 Å². The molecular weight excluding hydrogens is 226 g/mol. The van der Waals surface area contributed by atoms with Crippen LogP contribution in [0, 0.1) is 0 Å². The van der Waals surface area contributed by atoms with Crippen molar-refractivity contribution in [1.29, 1.82) is 0 Å². The Morgan fingerprint density at radius 1 is 0.889 bits per heavy atom. The van der Waals surface area contributed by atoms with E-state index in [0.29, 0.717) is 0 Å². The Morgan fingerprint density at radius 3 is 2.67 bits per heavy atom. The topological polar surface area (TPSA) is 34.2 Å². The zero-order valence-corrected chi connectivity index (χ0v) is 9.64. The van der Waals surface area contributed by atoms with Crippen LogP contribution in [0.1, 0.15) is 0 Å². The van der Waals surface area contributed by atoms with Gasteiger partial charge in [-0.3, -0.25) is 0 Å². The molecule has 0 saturated heterocycles. The van der Waals surface area contributed by atoms with Gasteiger partial charge in [-0.25, -0.2) is 0 Å². The van der Waals surface area contributed by atoms with Crippen LogP contribution in [0.4, 0.5) is 0 Å². The van der Waals surface area contributed by atoms with Crippen molar-refractivity contribution < 1.29 is 9.47 Å². The third kappa shape index (κ3) is 1.24. The molecule has 0 bridgehead atoms. The minimum atomic E-state index is 0.268. The number of hydrogen-bond acceptors (Lipinski definition) is 2. The summed E-state index contributed by atoms with van der Waals surface area (Å²) >= 11 is 0. The standard InChI is InChI=1S/C15H11NO2/c1-2-5-10(6-3-1)14-15-13-11(16-14)7-4-8-12(13)17-9-18-15/h1-8,16H,9H2. The number of benzene rings is 2. The smallest absolute Gasteiger partial charge is 0.231 e. The maximum atomic E-state index is 5.67. The Labute approximate surface area is 104 Å². The molecule has 0 spiro atoms. The fourth-order valence-corrected chi connectivity index (χ4v) is 2.41. The van der Waals surface area contributed by atoms with Crippen molar-refractivity contribution in [3.63, 3.8) is 0 Å². The summed E-state index contributed by atoms with van der Waals surface area (Å²) in [5.41, 5.74) is 3.18. The molecule has 2 heterocycles. The van der Waals surface area contributed by atoms with Crippen molar-refractivity contribution in [1.82, 2.24) is 4.98 Å². The second kappa shape index (κ2) is 3.53. The summed E-state index contributed by atoms with van der Waals surface area (Å²) in [4.78, 5) is 3.41. The monoisotopic (exact) mass is 237 g/mol. The molecule has 0 amide bonds. The molecule has 1 N–H and O–H groups in total. The lowest BCUT2D eigenvalue weighted by molar-refractivity contribution is 0.113. The maximum absolute atomic E-state index is 5.67. The van der Waals surface area contributed by atoms with E-state index in [1.54, 1.807) is 0 Å². The van der Waals surface area contributed by atoms with E-state index in [4.69, 9.17) is 9.47 Å². The number of nitrogens with one attached hydrogen (secondary N) is 1. The van der Waals surface area contributed by atoms with E-state index in [0.717, 1.165) is 33.7 Å². The van der Waals surface area contributed by atoms with Gasteiger partial charge in [0, 0.05) is 5.56 Å². The lowest BCUT2D eigenvalue weighted by atomic mass is 10.1. The van der Waals surface area contributed by atoms with Gasteiger partial charge in [0.15, 0.2) is 5.75 Å². The molecule has 18 heavy (non-hydrogen) atoms. The average molecular weight is 237 g/mol. The third-order valence-electron chi connectivity index (χ3n) is 3.22. The highest BCUT2D eigenvalue weighted by molar-refractivity contribution is 5.98. The molecule has 1 aliphatic heterocycles. The van der Waals surface area contributed by atoms with Gasteiger partial charge in [0.2, 0.25) is 6.79 Å². The van der Waals surface area contributed by atoms with E-state index in [2.05, 4.69) is 17.1 Å². The highest BCUT2D eigenvalue weighted by Crippen LogP contribution is 2.43. The van der Waals surface area contributed by atoms with Gasteiger partial charge in [-0.1, -0.05) is 36.4 Å². The molecule has 0 radical (unpaired) electrons. The summed E-state index contributed by atoms with van der Waals surface area (Å²) in [5, 5.41) is 1.03. The summed E-state index contributed by atoms with van der Waals surface area (Å²) in [6.45, 7) is 0.268. The molecule has 0 unspecified atom stereocenters. The minimum absolute atomic E-state index is 0.268. The first kappa shape index (κ1) is 9.59. The first-order valence-electron chi connectivity index (χ1n) is 5.89. The lowest BCUT2D eigenvalue weighted by Gasteiger charge is -2.16. The molecule has 0 aliphatic carbocycles. The highest BCUT2D eigenvalue weighted by Gasteiger charge is 2.21. The second-order valence-electron chi connectivity index (χ2n) is 4.28. The summed E-state index contributed by atoms with van der Waals surface area (Å²) in [7, 11) is 0. The predicted octanol–water partition coefficient (Wildman–Crippen LogP) is 3.56. The Hall–Kier alpha value is -2.42. The van der Waals surface area contributed by atoms with Crippen LogP contribution < -0.4 is 9.47 Å². The number of rotatable bonds is 1. The number of H-pyrrole nitrogens is 1. The first-order chi connectivity index (χ1) is 8.93. The highest BCUT2D eigenvalue weighted by atomic mass is 16.7. The maximum Gasteiger partial charge on any atom is 0.231 e. The van der Waals surface area contributed by atoms with Gasteiger partial charge in [-0.05, 0) is 12.1 Å². The second-order valence-corrected chi connectivity index (χ2v) is 4.28. The van der Waals surface area contributed by atoms with Crippen molar-refractivity contribution in [3.05, 3.63) is 48.5 Å². The first-order valence-corrected chi connectivity index (χ1v) is 5.89. The molecule has 3 heteroatoms. The van der Waals surface area contributed by atoms with Crippen LogP contribution in [0.3, 0.4) is 0 Å². The molecule has 2 aromatic carbocycles. The molecule has 0 saturated carbocycles. The van der Waals surface area contributed by atoms with Crippen LogP contribution in [0.25, 0.3) is 22.2 Å². The summed E-state index contributed by atoms with van der Waals surface area (Å²) < 4.78 is 11.2. The van der Waals surface area contributed by atoms with Gasteiger partial charge in [0.25, 0.3) is 0 Å². The largest absolute Gasteiger partial charge is 0.457 e. The quantitative estimate of drug-likeness (QED) is 0.702. The van der Waals surface area contributed by atoms with Crippen molar-refractivity contribution in [3.8, 4) is 22.8 Å². The molecule has 3 aromatic rings. The Morgan fingerprint density at radius 2 is 1.78 bits per heavy atom. The molecule has 0 atom stereocenters. The average Bonchev–Trinajstić information content (AvgIpc) is 2.82. The van der Waals surface area contributed by atoms with Crippen LogP contribution in [-0.4, -0.2) is 11.8 Å². The molecule has 88 valence electrons. The van der Waals surface area contributed by atoms with E-state index >= 15 is 0 Å². The van der Waals surface area contributed by atoms with Gasteiger partial charge in [0.1, 0.15) is 5.75 Å². The number of aromatic nitrogens is 1. The number of aromatic amines is 1. The zero-order chi connectivity index (χ0) is 11.9. The van der Waals surface area contributed by atoms with Crippen molar-refractivity contribution >= 4 is 10.9 Å². The van der Waals surface area contributed by atoms with Crippen LogP contribution >= 0.6 is 0 Å². The fourth-order valence-electron chi connectivity index (χ4n) is 2.41. The fraction of sp³-hybridized carbons (Fsp3) is 0.0667. The van der Waals surface area contributed by atoms with E-state index in [-0.39, 0.29) is 6.79 Å². The van der Waals surface area contributed by atoms with Gasteiger partial charge in [-0.15, -0.1) is 0 Å². The summed E-state index contributed by atoms with van der Waals surface area (Å²) in [6.07, 6.45) is 0. The number of hydrogen-bond donors (Lipinski definition) is 1. The summed E-state index contributed by atoms with van der Waals surface area (Å²) in [6, 6.07) is 16.2. The molecule has 1 aliphatic rings. The van der Waals surface area contributed by atoms with Crippen LogP contribution in [-0.2, 0) is 0 Å². The Bertz CT molecular complexity index is 716. The molecule has 4 rings (SSSR count). The summed E-state index contributed by atoms with van der Waals surface area (Å²) in [5.74, 6) is 1.77. The van der Waals surface area contributed by atoms with Gasteiger partial charge >= 0.3 is 0 Å². The Balaban J connectivity index is 2.06. The predicted molar refractivity (Wildman–Crippen MR) is 69.9 cm³/mol. The normalized spacial score (nSPS) is 13.1. The van der Waals surface area contributed by atoms with Crippen molar-refractivity contribution in [2.75, 3.05) is 6.79 Å². The van der Waals surface area contributed by atoms with Crippen molar-refractivity contribution in [2.24, 2.45) is 0 Å². The molecular formula is C15H11NO2. The Kier molecular flexibility index (Phi) is 1.88. The molecule has 1 aromatic heterocycles. The van der Waals surface area contributed by atoms with Crippen LogP contribution in [0.15, 0.2) is 48.5 Å².